The van der Waals surface area contributed by atoms with Crippen molar-refractivity contribution >= 4 is 11.7 Å². The number of benzene rings is 2. The number of aryl methyl sites for hydroxylation is 1. The van der Waals surface area contributed by atoms with Gasteiger partial charge in [-0.2, -0.15) is 0 Å². The first-order valence-corrected chi connectivity index (χ1v) is 8.32. The molecule has 0 radical (unpaired) electrons. The number of aromatic carboxylic acids is 1. The number of rotatable bonds is 4. The Bertz CT molecular complexity index is 648. The van der Waals surface area contributed by atoms with Crippen LogP contribution in [0.3, 0.4) is 0 Å². The van der Waals surface area contributed by atoms with Gasteiger partial charge in [0.1, 0.15) is 5.75 Å². The first kappa shape index (κ1) is 21.6. The number of carboxylic acid groups (broad SMARTS) is 1. The quantitative estimate of drug-likeness (QED) is 0.798. The third-order valence-corrected chi connectivity index (χ3v) is 3.61. The van der Waals surface area contributed by atoms with Gasteiger partial charge in [0.25, 0.3) is 0 Å². The molecular weight excluding hydrogens is 325 g/mol. The summed E-state index contributed by atoms with van der Waals surface area (Å²) < 4.78 is 5.37. The van der Waals surface area contributed by atoms with Crippen LogP contribution in [-0.4, -0.2) is 19.1 Å². The van der Waals surface area contributed by atoms with Crippen molar-refractivity contribution in [1.82, 2.24) is 0 Å². The third-order valence-electron chi connectivity index (χ3n) is 3.61. The average Bonchev–Trinajstić information content (AvgIpc) is 2.61. The SMILES string of the molecule is CC(C)COc1cccc(C(=O)[O-])c1.[Na+].c1ccc2c(c1)CCCN2. The summed E-state index contributed by atoms with van der Waals surface area (Å²) in [6.45, 7) is 5.78. The van der Waals surface area contributed by atoms with Gasteiger partial charge in [-0.25, -0.2) is 0 Å². The summed E-state index contributed by atoms with van der Waals surface area (Å²) in [7, 11) is 0. The van der Waals surface area contributed by atoms with Crippen molar-refractivity contribution in [3.05, 3.63) is 59.7 Å². The van der Waals surface area contributed by atoms with E-state index in [2.05, 4.69) is 29.6 Å². The number of carbonyl (C=O) groups is 1. The molecule has 0 saturated heterocycles. The fourth-order valence-electron chi connectivity index (χ4n) is 2.39. The van der Waals surface area contributed by atoms with Crippen molar-refractivity contribution in [2.75, 3.05) is 18.5 Å². The number of nitrogens with one attached hydrogen (secondary N) is 1. The number of carbonyl (C=O) groups excluding carboxylic acids is 1. The Hall–Kier alpha value is -1.49. The molecule has 2 aromatic carbocycles. The molecule has 0 saturated carbocycles. The van der Waals surface area contributed by atoms with Crippen LogP contribution in [0.25, 0.3) is 0 Å². The molecule has 5 heteroatoms. The second kappa shape index (κ2) is 11.2. The fourth-order valence-corrected chi connectivity index (χ4v) is 2.39. The Kier molecular flexibility index (Phi) is 9.65. The smallest absolute Gasteiger partial charge is 0.545 e. The van der Waals surface area contributed by atoms with Crippen LogP contribution in [0, 0.1) is 5.92 Å². The van der Waals surface area contributed by atoms with Crippen LogP contribution < -0.4 is 44.7 Å². The number of carboxylic acids is 1. The molecule has 1 aliphatic rings. The molecule has 2 aromatic rings. The van der Waals surface area contributed by atoms with Gasteiger partial charge in [0.15, 0.2) is 0 Å². The van der Waals surface area contributed by atoms with Gasteiger partial charge >= 0.3 is 29.6 Å². The average molecular weight is 349 g/mol. The van der Waals surface area contributed by atoms with Crippen LogP contribution in [0.1, 0.15) is 36.2 Å². The van der Waals surface area contributed by atoms with E-state index in [0.29, 0.717) is 18.3 Å². The van der Waals surface area contributed by atoms with Crippen molar-refractivity contribution in [2.24, 2.45) is 5.92 Å². The number of hydrogen-bond acceptors (Lipinski definition) is 4. The summed E-state index contributed by atoms with van der Waals surface area (Å²) in [5.41, 5.74) is 2.94. The maximum absolute atomic E-state index is 10.5. The van der Waals surface area contributed by atoms with Crippen LogP contribution in [0.5, 0.6) is 5.75 Å². The number of fused-ring (bicyclic) bond motifs is 1. The zero-order chi connectivity index (χ0) is 17.4. The summed E-state index contributed by atoms with van der Waals surface area (Å²) >= 11 is 0. The van der Waals surface area contributed by atoms with Crippen LogP contribution in [0.2, 0.25) is 0 Å². The van der Waals surface area contributed by atoms with E-state index in [9.17, 15) is 9.90 Å². The molecule has 0 fully saturated rings. The molecule has 0 spiro atoms. The largest absolute Gasteiger partial charge is 1.00 e. The van der Waals surface area contributed by atoms with Crippen molar-refractivity contribution in [3.63, 3.8) is 0 Å². The van der Waals surface area contributed by atoms with Crippen LogP contribution in [0.4, 0.5) is 5.69 Å². The molecule has 4 nitrogen and oxygen atoms in total. The summed E-state index contributed by atoms with van der Waals surface area (Å²) in [4.78, 5) is 10.5. The summed E-state index contributed by atoms with van der Waals surface area (Å²) in [5.74, 6) is -0.193. The monoisotopic (exact) mass is 349 g/mol. The van der Waals surface area contributed by atoms with E-state index in [4.69, 9.17) is 4.74 Å². The molecule has 128 valence electrons. The van der Waals surface area contributed by atoms with Gasteiger partial charge in [-0.15, -0.1) is 0 Å². The molecule has 0 aromatic heterocycles. The minimum Gasteiger partial charge on any atom is -0.545 e. The van der Waals surface area contributed by atoms with E-state index in [0.717, 1.165) is 6.54 Å². The molecule has 1 heterocycles. The van der Waals surface area contributed by atoms with Crippen molar-refractivity contribution in [1.29, 1.82) is 0 Å². The van der Waals surface area contributed by atoms with Crippen LogP contribution >= 0.6 is 0 Å². The fraction of sp³-hybridized carbons (Fsp3) is 0.350. The van der Waals surface area contributed by atoms with Crippen molar-refractivity contribution < 1.29 is 44.2 Å². The number of ether oxygens (including phenoxy) is 1. The van der Waals surface area contributed by atoms with Gasteiger partial charge in [0.05, 0.1) is 12.6 Å². The zero-order valence-corrected chi connectivity index (χ0v) is 17.2. The standard InChI is InChI=1S/C11H14O3.C9H11N.Na/c1-8(2)7-14-10-5-3-4-9(6-10)11(12)13;1-2-6-9-8(4-1)5-3-7-10-9;/h3-6,8H,7H2,1-2H3,(H,12,13);1-2,4,6,10H,3,5,7H2;/q;;+1/p-1. The van der Waals surface area contributed by atoms with Gasteiger partial charge < -0.3 is 20.0 Å². The van der Waals surface area contributed by atoms with E-state index in [-0.39, 0.29) is 35.1 Å². The van der Waals surface area contributed by atoms with Gasteiger partial charge in [0.2, 0.25) is 0 Å². The number of anilines is 1. The minimum absolute atomic E-state index is 0. The van der Waals surface area contributed by atoms with E-state index in [1.54, 1.807) is 12.1 Å². The number of hydrogen-bond donors (Lipinski definition) is 1. The Labute approximate surface area is 171 Å². The Morgan fingerprint density at radius 1 is 1.20 bits per heavy atom. The van der Waals surface area contributed by atoms with Crippen molar-refractivity contribution in [2.45, 2.75) is 26.7 Å². The summed E-state index contributed by atoms with van der Waals surface area (Å²) in [6.07, 6.45) is 2.51. The van der Waals surface area contributed by atoms with Gasteiger partial charge in [-0.05, 0) is 42.5 Å². The number of para-hydroxylation sites is 1. The van der Waals surface area contributed by atoms with Gasteiger partial charge in [-0.1, -0.05) is 44.2 Å². The zero-order valence-electron chi connectivity index (χ0n) is 15.2. The van der Waals surface area contributed by atoms with E-state index >= 15 is 0 Å². The normalized spacial score (nSPS) is 12.0. The molecule has 3 rings (SSSR count). The van der Waals surface area contributed by atoms with Gasteiger partial charge in [0, 0.05) is 17.8 Å². The molecule has 0 bridgehead atoms. The Morgan fingerprint density at radius 3 is 2.64 bits per heavy atom. The minimum atomic E-state index is -1.18. The predicted octanol–water partition coefficient (Wildman–Crippen LogP) is 0.134. The van der Waals surface area contributed by atoms with Crippen molar-refractivity contribution in [3.8, 4) is 5.75 Å². The summed E-state index contributed by atoms with van der Waals surface area (Å²) in [5, 5.41) is 13.9. The molecular formula is C20H24NNaO3. The first-order chi connectivity index (χ1) is 11.6. The van der Waals surface area contributed by atoms with Gasteiger partial charge in [-0.3, -0.25) is 0 Å². The molecule has 0 atom stereocenters. The molecule has 25 heavy (non-hydrogen) atoms. The molecule has 1 N–H and O–H groups in total. The Morgan fingerprint density at radius 2 is 1.96 bits per heavy atom. The van der Waals surface area contributed by atoms with Crippen LogP contribution in [-0.2, 0) is 6.42 Å². The van der Waals surface area contributed by atoms with E-state index in [1.807, 2.05) is 13.8 Å². The second-order valence-electron chi connectivity index (χ2n) is 6.21. The maximum Gasteiger partial charge on any atom is 1.00 e. The Balaban J connectivity index is 0.000000251. The first-order valence-electron chi connectivity index (χ1n) is 8.32. The topological polar surface area (TPSA) is 61.4 Å². The third kappa shape index (κ3) is 7.51. The van der Waals surface area contributed by atoms with Crippen LogP contribution in [0.15, 0.2) is 48.5 Å². The molecule has 0 aliphatic carbocycles. The molecule has 0 amide bonds. The van der Waals surface area contributed by atoms with E-state index in [1.165, 1.54) is 36.2 Å². The second-order valence-corrected chi connectivity index (χ2v) is 6.21. The predicted molar refractivity (Wildman–Crippen MR) is 94.4 cm³/mol. The van der Waals surface area contributed by atoms with E-state index < -0.39 is 5.97 Å². The molecule has 1 aliphatic heterocycles. The maximum atomic E-state index is 10.5. The molecule has 0 unspecified atom stereocenters. The summed E-state index contributed by atoms with van der Waals surface area (Å²) in [6, 6.07) is 14.9.